The van der Waals surface area contributed by atoms with Crippen molar-refractivity contribution in [3.8, 4) is 0 Å². The molecule has 252 valence electrons. The van der Waals surface area contributed by atoms with Crippen LogP contribution in [0.5, 0.6) is 0 Å². The summed E-state index contributed by atoms with van der Waals surface area (Å²) in [5.74, 6) is -3.18. The minimum absolute atomic E-state index is 0.0986. The van der Waals surface area contributed by atoms with Crippen molar-refractivity contribution in [2.75, 3.05) is 13.2 Å². The van der Waals surface area contributed by atoms with Gasteiger partial charge in [-0.05, 0) is 64.7 Å². The Morgan fingerprint density at radius 3 is 1.91 bits per heavy atom. The Balaban J connectivity index is 2.60. The van der Waals surface area contributed by atoms with Crippen molar-refractivity contribution in [2.24, 2.45) is 5.73 Å². The van der Waals surface area contributed by atoms with Gasteiger partial charge in [0.05, 0.1) is 13.0 Å². The molecule has 2 rings (SSSR count). The molecule has 0 aliphatic heterocycles. The summed E-state index contributed by atoms with van der Waals surface area (Å²) >= 11 is 0. The van der Waals surface area contributed by atoms with Gasteiger partial charge in [0.15, 0.2) is 0 Å². The summed E-state index contributed by atoms with van der Waals surface area (Å²) in [7, 11) is 0. The van der Waals surface area contributed by atoms with E-state index in [9.17, 15) is 29.1 Å². The second kappa shape index (κ2) is 16.7. The minimum Gasteiger partial charge on any atom is -0.458 e. The van der Waals surface area contributed by atoms with Crippen molar-refractivity contribution >= 4 is 29.8 Å². The molecule has 0 saturated heterocycles. The van der Waals surface area contributed by atoms with Crippen LogP contribution < -0.4 is 16.4 Å². The highest BCUT2D eigenvalue weighted by Gasteiger charge is 2.38. The summed E-state index contributed by atoms with van der Waals surface area (Å²) in [6.45, 7) is 11.1. The zero-order valence-corrected chi connectivity index (χ0v) is 27.8. The number of primary amides is 1. The van der Waals surface area contributed by atoms with Crippen molar-refractivity contribution in [3.63, 3.8) is 0 Å². The predicted molar refractivity (Wildman–Crippen MR) is 172 cm³/mol. The smallest absolute Gasteiger partial charge is 0.408 e. The summed E-state index contributed by atoms with van der Waals surface area (Å²) in [4.78, 5) is 67.4. The number of aliphatic hydroxyl groups excluding tert-OH is 1. The van der Waals surface area contributed by atoms with Gasteiger partial charge in [-0.1, -0.05) is 61.5 Å². The second-order valence-electron chi connectivity index (χ2n) is 12.9. The van der Waals surface area contributed by atoms with E-state index in [1.807, 2.05) is 25.1 Å². The molecular weight excluding hydrogens is 592 g/mol. The first kappa shape index (κ1) is 37.7. The maximum absolute atomic E-state index is 14.2. The molecule has 0 saturated carbocycles. The molecule has 0 spiro atoms. The molecule has 0 aromatic heterocycles. The highest BCUT2D eigenvalue weighted by molar-refractivity contribution is 5.95. The van der Waals surface area contributed by atoms with Crippen LogP contribution >= 0.6 is 0 Å². The summed E-state index contributed by atoms with van der Waals surface area (Å²) in [6.07, 6.45) is -0.759. The summed E-state index contributed by atoms with van der Waals surface area (Å²) in [5.41, 5.74) is 5.77. The molecule has 0 heterocycles. The molecule has 0 bridgehead atoms. The average Bonchev–Trinajstić information content (AvgIpc) is 2.94. The number of aryl methyl sites for hydroxylation is 1. The van der Waals surface area contributed by atoms with E-state index in [0.717, 1.165) is 16.0 Å². The molecule has 0 fully saturated rings. The highest BCUT2D eigenvalue weighted by Crippen LogP contribution is 2.25. The number of esters is 1. The van der Waals surface area contributed by atoms with Gasteiger partial charge >= 0.3 is 12.1 Å². The molecule has 2 aromatic carbocycles. The third-order valence-electron chi connectivity index (χ3n) is 6.57. The van der Waals surface area contributed by atoms with E-state index in [2.05, 4.69) is 10.6 Å². The van der Waals surface area contributed by atoms with Gasteiger partial charge in [0.25, 0.3) is 0 Å². The Morgan fingerprint density at radius 1 is 0.826 bits per heavy atom. The van der Waals surface area contributed by atoms with E-state index < -0.39 is 72.1 Å². The normalized spacial score (nSPS) is 13.5. The van der Waals surface area contributed by atoms with Crippen molar-refractivity contribution in [2.45, 2.75) is 97.1 Å². The molecule has 2 aromatic rings. The fraction of sp³-hybridized carbons (Fsp3) is 0.500. The number of alkyl carbamates (subject to hydrolysis) is 1. The monoisotopic (exact) mass is 640 g/mol. The SMILES string of the molecule is CCc1ccc(C(C(=O)NC(Cc2ccccc2)C(=O)OC(C)(C)C)N(CCO)C(=O)C(CC(N)=O)NC(=O)OC(C)(C)C)cc1. The number of amides is 4. The number of benzene rings is 2. The van der Waals surface area contributed by atoms with E-state index in [1.54, 1.807) is 77.9 Å². The Bertz CT molecular complexity index is 1330. The van der Waals surface area contributed by atoms with Crippen LogP contribution in [-0.4, -0.2) is 76.2 Å². The molecule has 0 aliphatic rings. The van der Waals surface area contributed by atoms with Crippen molar-refractivity contribution in [1.29, 1.82) is 0 Å². The number of carbonyl (C=O) groups is 5. The lowest BCUT2D eigenvalue weighted by Crippen LogP contribution is -2.56. The first-order valence-corrected chi connectivity index (χ1v) is 15.3. The van der Waals surface area contributed by atoms with Crippen molar-refractivity contribution in [1.82, 2.24) is 15.5 Å². The van der Waals surface area contributed by atoms with Crippen LogP contribution in [0.15, 0.2) is 54.6 Å². The first-order chi connectivity index (χ1) is 21.4. The molecule has 0 aliphatic carbocycles. The van der Waals surface area contributed by atoms with Gasteiger partial charge in [-0.25, -0.2) is 9.59 Å². The maximum Gasteiger partial charge on any atom is 0.408 e. The van der Waals surface area contributed by atoms with Gasteiger partial charge in [-0.2, -0.15) is 0 Å². The number of nitrogens with zero attached hydrogens (tertiary/aromatic N) is 1. The predicted octanol–water partition coefficient (Wildman–Crippen LogP) is 2.95. The Morgan fingerprint density at radius 2 is 1.41 bits per heavy atom. The fourth-order valence-corrected chi connectivity index (χ4v) is 4.60. The second-order valence-corrected chi connectivity index (χ2v) is 12.9. The summed E-state index contributed by atoms with van der Waals surface area (Å²) in [5, 5.41) is 15.2. The van der Waals surface area contributed by atoms with Gasteiger partial charge < -0.3 is 35.8 Å². The molecule has 3 atom stereocenters. The van der Waals surface area contributed by atoms with Gasteiger partial charge in [0.2, 0.25) is 17.7 Å². The largest absolute Gasteiger partial charge is 0.458 e. The molecule has 0 radical (unpaired) electrons. The number of aliphatic hydroxyl groups is 1. The highest BCUT2D eigenvalue weighted by atomic mass is 16.6. The van der Waals surface area contributed by atoms with Gasteiger partial charge in [0.1, 0.15) is 29.3 Å². The van der Waals surface area contributed by atoms with Gasteiger partial charge in [-0.3, -0.25) is 14.4 Å². The van der Waals surface area contributed by atoms with E-state index in [4.69, 9.17) is 15.2 Å². The van der Waals surface area contributed by atoms with E-state index in [-0.39, 0.29) is 13.0 Å². The standard InChI is InChI=1S/C34H48N4O8/c1-8-22-14-16-24(17-15-22)28(29(41)36-26(31(43)45-33(2,3)4)20-23-12-10-9-11-13-23)38(18-19-39)30(42)25(21-27(35)40)37-32(44)46-34(5,6)7/h9-17,25-26,28,39H,8,18-21H2,1-7H3,(H2,35,40)(H,36,41)(H,37,44). The van der Waals surface area contributed by atoms with Crippen LogP contribution in [0.3, 0.4) is 0 Å². The number of nitrogens with two attached hydrogens (primary N) is 1. The third kappa shape index (κ3) is 12.5. The molecule has 4 amide bonds. The first-order valence-electron chi connectivity index (χ1n) is 15.3. The number of rotatable bonds is 14. The number of hydrogen-bond acceptors (Lipinski definition) is 8. The summed E-state index contributed by atoms with van der Waals surface area (Å²) in [6, 6.07) is 11.9. The quantitative estimate of drug-likeness (QED) is 0.228. The fourth-order valence-electron chi connectivity index (χ4n) is 4.60. The van der Waals surface area contributed by atoms with Crippen LogP contribution in [0.1, 0.15) is 77.6 Å². The zero-order chi connectivity index (χ0) is 34.7. The summed E-state index contributed by atoms with van der Waals surface area (Å²) < 4.78 is 10.9. The van der Waals surface area contributed by atoms with Crippen LogP contribution in [0, 0.1) is 0 Å². The Labute approximate surface area is 271 Å². The van der Waals surface area contributed by atoms with Gasteiger partial charge in [-0.15, -0.1) is 0 Å². The minimum atomic E-state index is -1.52. The number of nitrogens with one attached hydrogen (secondary N) is 2. The molecule has 3 unspecified atom stereocenters. The van der Waals surface area contributed by atoms with Crippen LogP contribution in [0.25, 0.3) is 0 Å². The lowest BCUT2D eigenvalue weighted by atomic mass is 9.99. The van der Waals surface area contributed by atoms with Gasteiger partial charge in [0, 0.05) is 13.0 Å². The molecular formula is C34H48N4O8. The lowest BCUT2D eigenvalue weighted by molar-refractivity contribution is -0.159. The average molecular weight is 641 g/mol. The van der Waals surface area contributed by atoms with Crippen LogP contribution in [-0.2, 0) is 41.5 Å². The van der Waals surface area contributed by atoms with Crippen molar-refractivity contribution in [3.05, 3.63) is 71.3 Å². The maximum atomic E-state index is 14.2. The van der Waals surface area contributed by atoms with Crippen LogP contribution in [0.4, 0.5) is 4.79 Å². The van der Waals surface area contributed by atoms with E-state index >= 15 is 0 Å². The topological polar surface area (TPSA) is 177 Å². The Hall–Kier alpha value is -4.45. The molecule has 46 heavy (non-hydrogen) atoms. The number of ether oxygens (including phenoxy) is 2. The van der Waals surface area contributed by atoms with Crippen molar-refractivity contribution < 1.29 is 38.6 Å². The molecule has 12 heteroatoms. The lowest BCUT2D eigenvalue weighted by Gasteiger charge is -2.35. The molecule has 5 N–H and O–H groups in total. The van der Waals surface area contributed by atoms with E-state index in [0.29, 0.717) is 12.0 Å². The number of hydrogen-bond donors (Lipinski definition) is 4. The molecule has 12 nitrogen and oxygen atoms in total. The Kier molecular flexibility index (Phi) is 13.7. The van der Waals surface area contributed by atoms with E-state index in [1.165, 1.54) is 0 Å². The van der Waals surface area contributed by atoms with Crippen LogP contribution in [0.2, 0.25) is 0 Å². The third-order valence-corrected chi connectivity index (χ3v) is 6.57. The zero-order valence-electron chi connectivity index (χ0n) is 27.8. The number of carbonyl (C=O) groups excluding carboxylic acids is 5.